The second-order valence-electron chi connectivity index (χ2n) is 4.00. The molecule has 0 unspecified atom stereocenters. The molecule has 0 aliphatic heterocycles. The van der Waals surface area contributed by atoms with Gasteiger partial charge in [0.15, 0.2) is 0 Å². The molecular weight excluding hydrogens is 238 g/mol. The Bertz CT molecular complexity index is 368. The number of rotatable bonds is 6. The number of carbonyl (C=O) groups excluding carboxylic acids is 1. The van der Waals surface area contributed by atoms with E-state index >= 15 is 0 Å². The highest BCUT2D eigenvalue weighted by Gasteiger charge is 2.14. The molecule has 0 aliphatic carbocycles. The Kier molecular flexibility index (Phi) is 5.84. The number of primary amides is 1. The van der Waals surface area contributed by atoms with Gasteiger partial charge >= 0.3 is 6.09 Å². The monoisotopic (exact) mass is 255 g/mol. The van der Waals surface area contributed by atoms with Crippen molar-refractivity contribution in [2.45, 2.75) is 38.7 Å². The number of hydrogen-bond acceptors (Lipinski definition) is 2. The van der Waals surface area contributed by atoms with Crippen molar-refractivity contribution in [2.24, 2.45) is 5.73 Å². The molecule has 0 saturated carbocycles. The molecule has 1 amide bonds. The van der Waals surface area contributed by atoms with E-state index in [4.69, 9.17) is 22.1 Å². The third kappa shape index (κ3) is 5.09. The van der Waals surface area contributed by atoms with E-state index in [0.717, 1.165) is 24.8 Å². The van der Waals surface area contributed by atoms with E-state index in [1.54, 1.807) is 0 Å². The summed E-state index contributed by atoms with van der Waals surface area (Å²) >= 11 is 6.07. The van der Waals surface area contributed by atoms with Crippen LogP contribution in [-0.4, -0.2) is 12.2 Å². The molecule has 0 radical (unpaired) electrons. The highest BCUT2D eigenvalue weighted by molar-refractivity contribution is 6.31. The highest BCUT2D eigenvalue weighted by atomic mass is 35.5. The molecule has 0 spiro atoms. The fourth-order valence-electron chi connectivity index (χ4n) is 1.71. The Morgan fingerprint density at radius 3 is 2.76 bits per heavy atom. The number of carbonyl (C=O) groups is 1. The molecule has 0 bridgehead atoms. The Labute approximate surface area is 107 Å². The zero-order valence-corrected chi connectivity index (χ0v) is 10.7. The summed E-state index contributed by atoms with van der Waals surface area (Å²) in [4.78, 5) is 10.8. The van der Waals surface area contributed by atoms with Crippen molar-refractivity contribution < 1.29 is 9.53 Å². The molecule has 94 valence electrons. The summed E-state index contributed by atoms with van der Waals surface area (Å²) in [6, 6.07) is 7.56. The quantitative estimate of drug-likeness (QED) is 0.845. The smallest absolute Gasteiger partial charge is 0.404 e. The van der Waals surface area contributed by atoms with Gasteiger partial charge in [0.1, 0.15) is 6.10 Å². The molecule has 1 rings (SSSR count). The first kappa shape index (κ1) is 13.8. The zero-order chi connectivity index (χ0) is 12.7. The van der Waals surface area contributed by atoms with Crippen LogP contribution in [0.25, 0.3) is 0 Å². The second kappa shape index (κ2) is 7.17. The van der Waals surface area contributed by atoms with E-state index in [9.17, 15) is 4.79 Å². The fraction of sp³-hybridized carbons (Fsp3) is 0.462. The lowest BCUT2D eigenvalue weighted by Crippen LogP contribution is -2.24. The van der Waals surface area contributed by atoms with Gasteiger partial charge in [-0.2, -0.15) is 0 Å². The van der Waals surface area contributed by atoms with Crippen molar-refractivity contribution in [2.75, 3.05) is 0 Å². The Balaban J connectivity index is 2.64. The molecule has 1 aromatic rings. The van der Waals surface area contributed by atoms with E-state index in [-0.39, 0.29) is 6.10 Å². The lowest BCUT2D eigenvalue weighted by molar-refractivity contribution is 0.0997. The summed E-state index contributed by atoms with van der Waals surface area (Å²) in [5, 5.41) is 0.696. The molecule has 0 fully saturated rings. The molecule has 0 aromatic heterocycles. The van der Waals surface area contributed by atoms with Gasteiger partial charge in [-0.1, -0.05) is 49.6 Å². The van der Waals surface area contributed by atoms with E-state index in [1.165, 1.54) is 0 Å². The van der Waals surface area contributed by atoms with Gasteiger partial charge in [-0.05, 0) is 18.1 Å². The standard InChI is InChI=1S/C13H18ClNO2/c1-2-3-7-11(17-13(15)16)9-10-6-4-5-8-12(10)14/h4-6,8,11H,2-3,7,9H2,1H3,(H2,15,16)/t11-/m0/s1. The maximum Gasteiger partial charge on any atom is 0.404 e. The van der Waals surface area contributed by atoms with Crippen LogP contribution in [0.15, 0.2) is 24.3 Å². The molecule has 0 saturated heterocycles. The average Bonchev–Trinajstić information content (AvgIpc) is 2.28. The summed E-state index contributed by atoms with van der Waals surface area (Å²) in [6.07, 6.45) is 2.57. The maximum atomic E-state index is 10.8. The Morgan fingerprint density at radius 1 is 1.47 bits per heavy atom. The van der Waals surface area contributed by atoms with Gasteiger partial charge < -0.3 is 10.5 Å². The molecule has 0 heterocycles. The molecule has 1 atom stereocenters. The Hall–Kier alpha value is -1.22. The van der Waals surface area contributed by atoms with Gasteiger partial charge in [-0.3, -0.25) is 0 Å². The van der Waals surface area contributed by atoms with Crippen LogP contribution in [0.2, 0.25) is 5.02 Å². The van der Waals surface area contributed by atoms with Crippen LogP contribution in [0.1, 0.15) is 31.7 Å². The summed E-state index contributed by atoms with van der Waals surface area (Å²) in [7, 11) is 0. The predicted molar refractivity (Wildman–Crippen MR) is 69.1 cm³/mol. The van der Waals surface area contributed by atoms with Crippen LogP contribution in [0.4, 0.5) is 4.79 Å². The fourth-order valence-corrected chi connectivity index (χ4v) is 1.92. The number of hydrogen-bond donors (Lipinski definition) is 1. The minimum atomic E-state index is -0.724. The summed E-state index contributed by atoms with van der Waals surface area (Å²) in [5.74, 6) is 0. The minimum Gasteiger partial charge on any atom is -0.446 e. The van der Waals surface area contributed by atoms with Crippen molar-refractivity contribution in [3.05, 3.63) is 34.9 Å². The lowest BCUT2D eigenvalue weighted by atomic mass is 10.0. The van der Waals surface area contributed by atoms with E-state index in [2.05, 4.69) is 6.92 Å². The predicted octanol–water partition coefficient (Wildman–Crippen LogP) is 3.54. The second-order valence-corrected chi connectivity index (χ2v) is 4.40. The topological polar surface area (TPSA) is 52.3 Å². The third-order valence-electron chi connectivity index (χ3n) is 2.57. The first-order valence-corrected chi connectivity index (χ1v) is 6.20. The molecule has 17 heavy (non-hydrogen) atoms. The number of unbranched alkanes of at least 4 members (excludes halogenated alkanes) is 1. The van der Waals surface area contributed by atoms with E-state index < -0.39 is 6.09 Å². The first-order chi connectivity index (χ1) is 8.13. The number of nitrogens with two attached hydrogens (primary N) is 1. The maximum absolute atomic E-state index is 10.8. The lowest BCUT2D eigenvalue weighted by Gasteiger charge is -2.17. The van der Waals surface area contributed by atoms with Gasteiger partial charge in [0.25, 0.3) is 0 Å². The van der Waals surface area contributed by atoms with Crippen LogP contribution in [0, 0.1) is 0 Å². The van der Waals surface area contributed by atoms with Crippen LogP contribution >= 0.6 is 11.6 Å². The summed E-state index contributed by atoms with van der Waals surface area (Å²) < 4.78 is 5.09. The van der Waals surface area contributed by atoms with Crippen LogP contribution in [0.3, 0.4) is 0 Å². The molecule has 1 aromatic carbocycles. The SMILES string of the molecule is CCCC[C@@H](Cc1ccccc1Cl)OC(N)=O. The molecule has 3 nitrogen and oxygen atoms in total. The molecule has 0 aliphatic rings. The van der Waals surface area contributed by atoms with Crippen molar-refractivity contribution in [3.8, 4) is 0 Å². The van der Waals surface area contributed by atoms with Crippen LogP contribution < -0.4 is 5.73 Å². The largest absolute Gasteiger partial charge is 0.446 e. The number of benzene rings is 1. The molecule has 4 heteroatoms. The summed E-state index contributed by atoms with van der Waals surface area (Å²) in [6.45, 7) is 2.09. The third-order valence-corrected chi connectivity index (χ3v) is 2.94. The van der Waals surface area contributed by atoms with Gasteiger partial charge in [-0.15, -0.1) is 0 Å². The summed E-state index contributed by atoms with van der Waals surface area (Å²) in [5.41, 5.74) is 6.05. The molecule has 2 N–H and O–H groups in total. The van der Waals surface area contributed by atoms with Gasteiger partial charge in [-0.25, -0.2) is 4.79 Å². The van der Waals surface area contributed by atoms with Crippen LogP contribution in [0.5, 0.6) is 0 Å². The normalized spacial score (nSPS) is 12.1. The van der Waals surface area contributed by atoms with E-state index in [1.807, 2.05) is 24.3 Å². The van der Waals surface area contributed by atoms with Gasteiger partial charge in [0.05, 0.1) is 0 Å². The number of ether oxygens (including phenoxy) is 1. The molecular formula is C13H18ClNO2. The number of amides is 1. The minimum absolute atomic E-state index is 0.188. The van der Waals surface area contributed by atoms with Gasteiger partial charge in [0, 0.05) is 11.4 Å². The Morgan fingerprint density at radius 2 is 2.18 bits per heavy atom. The van der Waals surface area contributed by atoms with Crippen molar-refractivity contribution in [1.82, 2.24) is 0 Å². The van der Waals surface area contributed by atoms with Crippen molar-refractivity contribution >= 4 is 17.7 Å². The average molecular weight is 256 g/mol. The van der Waals surface area contributed by atoms with Crippen molar-refractivity contribution in [3.63, 3.8) is 0 Å². The zero-order valence-electron chi connectivity index (χ0n) is 9.99. The van der Waals surface area contributed by atoms with Crippen LogP contribution in [-0.2, 0) is 11.2 Å². The van der Waals surface area contributed by atoms with Crippen molar-refractivity contribution in [1.29, 1.82) is 0 Å². The number of halogens is 1. The van der Waals surface area contributed by atoms with E-state index in [0.29, 0.717) is 11.4 Å². The highest BCUT2D eigenvalue weighted by Crippen LogP contribution is 2.19. The van der Waals surface area contributed by atoms with Gasteiger partial charge in [0.2, 0.25) is 0 Å². The first-order valence-electron chi connectivity index (χ1n) is 5.83.